The monoisotopic (exact) mass is 1220 g/mol. The predicted molar refractivity (Wildman–Crippen MR) is 326 cm³/mol. The molecule has 6 nitrogen and oxygen atoms in total. The molecular weight excluding hydrogens is 1150 g/mol. The first kappa shape index (κ1) is 38.4. The number of hydrogen-bond acceptors (Lipinski definition) is 4. The standard InChI is InChI=1S/C72H62N5O.Pt/c1-70(2,3)49-39-50(71(4,5)6)41-52(40-49)75-46-74(65-36-21-31-55(69(65)75)47-23-12-10-13-24-47)51-27-20-28-53(42-51)78-54-37-38-58-66(43-54)77(67-44-60(72(7,8)9)59(45-73-67)48-25-14-11-15-26-48)64-35-22-34-63(68(58)64)76-61-32-18-16-29-56(61)57-30-17-19-33-62(57)76;/h10-41,44-46H,1-9H3;/q-3;/i11D,14D,15D,16D,17D,18D,19D,25D,26D,29D,30D,32D,33D;. The third-order valence-corrected chi connectivity index (χ3v) is 14.6. The van der Waals surface area contributed by atoms with E-state index in [2.05, 4.69) is 119 Å². The Morgan fingerprint density at radius 1 is 0.506 bits per heavy atom. The van der Waals surface area contributed by atoms with Gasteiger partial charge in [-0.15, -0.1) is 42.7 Å². The van der Waals surface area contributed by atoms with Crippen LogP contribution < -0.4 is 14.5 Å². The van der Waals surface area contributed by atoms with Crippen LogP contribution in [-0.4, -0.2) is 14.1 Å². The van der Waals surface area contributed by atoms with Gasteiger partial charge in [-0.05, 0) is 97.9 Å². The molecule has 0 aliphatic carbocycles. The zero-order chi connectivity index (χ0) is 65.0. The number of pyridine rings is 1. The maximum absolute atomic E-state index is 9.40. The van der Waals surface area contributed by atoms with Crippen LogP contribution in [0.2, 0.25) is 0 Å². The molecule has 0 unspecified atom stereocenters. The van der Waals surface area contributed by atoms with Crippen molar-refractivity contribution in [3.63, 3.8) is 0 Å². The van der Waals surface area contributed by atoms with E-state index in [1.54, 1.807) is 18.2 Å². The van der Waals surface area contributed by atoms with Crippen molar-refractivity contribution >= 4 is 66.4 Å². The number of nitrogens with zero attached hydrogens (tertiary/aromatic N) is 5. The first-order chi connectivity index (χ1) is 43.0. The fourth-order valence-corrected chi connectivity index (χ4v) is 10.7. The van der Waals surface area contributed by atoms with E-state index in [0.717, 1.165) is 28.2 Å². The van der Waals surface area contributed by atoms with Gasteiger partial charge in [0.05, 0.1) is 28.9 Å². The Kier molecular flexibility index (Phi) is 9.54. The quantitative estimate of drug-likeness (QED) is 0.142. The number of rotatable bonds is 8. The van der Waals surface area contributed by atoms with E-state index in [1.807, 2.05) is 79.9 Å². The van der Waals surface area contributed by atoms with Crippen molar-refractivity contribution < 1.29 is 43.6 Å². The number of benzene rings is 9. The second kappa shape index (κ2) is 19.6. The third kappa shape index (κ3) is 9.10. The van der Waals surface area contributed by atoms with Crippen LogP contribution in [0.4, 0.5) is 22.7 Å². The van der Waals surface area contributed by atoms with Gasteiger partial charge in [0.1, 0.15) is 5.82 Å². The van der Waals surface area contributed by atoms with Gasteiger partial charge in [0.25, 0.3) is 0 Å². The number of anilines is 4. The van der Waals surface area contributed by atoms with Crippen molar-refractivity contribution in [2.24, 2.45) is 0 Å². The Morgan fingerprint density at radius 3 is 1.82 bits per heavy atom. The normalized spacial score (nSPS) is 15.2. The molecule has 0 atom stereocenters. The van der Waals surface area contributed by atoms with Gasteiger partial charge in [0.2, 0.25) is 0 Å². The molecule has 1 aliphatic rings. The van der Waals surface area contributed by atoms with E-state index < -0.39 is 71.9 Å². The minimum absolute atomic E-state index is 0. The van der Waals surface area contributed by atoms with Gasteiger partial charge in [0.15, 0.2) is 0 Å². The summed E-state index contributed by atoms with van der Waals surface area (Å²) in [5.74, 6) is 0.959. The zero-order valence-corrected chi connectivity index (χ0v) is 47.4. The summed E-state index contributed by atoms with van der Waals surface area (Å²) in [7, 11) is 0. The molecule has 0 N–H and O–H groups in total. The van der Waals surface area contributed by atoms with Crippen molar-refractivity contribution in [1.29, 1.82) is 0 Å². The van der Waals surface area contributed by atoms with Crippen molar-refractivity contribution in [2.45, 2.75) is 78.6 Å². The molecule has 1 aliphatic heterocycles. The van der Waals surface area contributed by atoms with E-state index in [1.165, 1.54) is 21.9 Å². The van der Waals surface area contributed by atoms with Gasteiger partial charge in [0, 0.05) is 88.9 Å². The van der Waals surface area contributed by atoms with Crippen molar-refractivity contribution in [3.05, 3.63) is 242 Å². The topological polar surface area (TPSA) is 38.5 Å². The van der Waals surface area contributed by atoms with Gasteiger partial charge in [-0.3, -0.25) is 0 Å². The molecular formula is C72H62N5OPt-3. The average molecular weight is 1220 g/mol. The number of aromatic nitrogens is 3. The Bertz CT molecular complexity index is 4940. The summed E-state index contributed by atoms with van der Waals surface area (Å²) < 4.78 is 126. The molecule has 0 saturated carbocycles. The van der Waals surface area contributed by atoms with Crippen LogP contribution in [0.15, 0.2) is 206 Å². The van der Waals surface area contributed by atoms with Gasteiger partial charge >= 0.3 is 0 Å². The van der Waals surface area contributed by atoms with Crippen LogP contribution in [0.5, 0.6) is 11.5 Å². The van der Waals surface area contributed by atoms with E-state index in [-0.39, 0.29) is 77.1 Å². The number of para-hydroxylation sites is 3. The summed E-state index contributed by atoms with van der Waals surface area (Å²) in [6, 6.07) is 40.8. The van der Waals surface area contributed by atoms with E-state index in [0.29, 0.717) is 55.9 Å². The minimum atomic E-state index is -0.715. The first-order valence-corrected chi connectivity index (χ1v) is 26.0. The Labute approximate surface area is 497 Å². The number of ether oxygens (including phenoxy) is 1. The van der Waals surface area contributed by atoms with Crippen LogP contribution in [0.25, 0.3) is 77.4 Å². The maximum Gasteiger partial charge on any atom is 0.135 e. The molecule has 79 heavy (non-hydrogen) atoms. The molecule has 0 bridgehead atoms. The summed E-state index contributed by atoms with van der Waals surface area (Å²) in [6.07, 6.45) is 1.51. The predicted octanol–water partition coefficient (Wildman–Crippen LogP) is 19.3. The molecule has 0 saturated heterocycles. The first-order valence-electron chi connectivity index (χ1n) is 32.5. The largest absolute Gasteiger partial charge is 0.509 e. The molecule has 3 aromatic heterocycles. The van der Waals surface area contributed by atoms with Crippen LogP contribution in [0.1, 0.15) is 96.8 Å². The fourth-order valence-electron chi connectivity index (χ4n) is 10.7. The van der Waals surface area contributed by atoms with E-state index in [4.69, 9.17) is 22.1 Å². The molecule has 9 aromatic carbocycles. The molecule has 12 aromatic rings. The van der Waals surface area contributed by atoms with Gasteiger partial charge in [-0.2, -0.15) is 12.1 Å². The summed E-state index contributed by atoms with van der Waals surface area (Å²) in [5, 5.41) is 0.895. The fraction of sp³-hybridized carbons (Fsp3) is 0.167. The average Bonchev–Trinajstić information content (AvgIpc) is 1.53. The van der Waals surface area contributed by atoms with Crippen molar-refractivity contribution in [3.8, 4) is 45.3 Å². The van der Waals surface area contributed by atoms with Gasteiger partial charge in [-0.25, -0.2) is 4.98 Å². The molecule has 13 rings (SSSR count). The number of fused-ring (bicyclic) bond motifs is 7. The molecule has 4 heterocycles. The SMILES string of the molecule is [2H]c1c([2H])c([2H])c(-c2cnc(-n3c4[c-]c(Oc5[c-]c(N6[CH-]N(c7cc(C(C)(C)C)cc(C(C)(C)C)c7)c7c(-c8ccccc8)cccc76)ccc5)ccc4c4c(-n5c6c([2H])c([2H])c([2H])c([2H])c6c6c([2H])c([2H])c([2H])c([2H])c65)cccc43)cc2C(C)(C)C)c([2H])c1[2H].[Pt]. The van der Waals surface area contributed by atoms with Gasteiger partial charge < -0.3 is 23.7 Å². The summed E-state index contributed by atoms with van der Waals surface area (Å²) in [5.41, 5.74) is 9.19. The van der Waals surface area contributed by atoms with Crippen LogP contribution in [-0.2, 0) is 37.3 Å². The third-order valence-electron chi connectivity index (χ3n) is 14.6. The molecule has 0 spiro atoms. The maximum atomic E-state index is 9.40. The Balaban J connectivity index is 0.00000816. The van der Waals surface area contributed by atoms with Gasteiger partial charge in [-0.1, -0.05) is 194 Å². The Morgan fingerprint density at radius 2 is 1.14 bits per heavy atom. The second-order valence-electron chi connectivity index (χ2n) is 22.9. The molecule has 0 amide bonds. The van der Waals surface area contributed by atoms with Crippen molar-refractivity contribution in [1.82, 2.24) is 14.1 Å². The van der Waals surface area contributed by atoms with Crippen LogP contribution >= 0.6 is 0 Å². The minimum Gasteiger partial charge on any atom is -0.509 e. The summed E-state index contributed by atoms with van der Waals surface area (Å²) in [6.45, 7) is 21.4. The number of hydrogen-bond donors (Lipinski definition) is 0. The Hall–Kier alpha value is -8.18. The summed E-state index contributed by atoms with van der Waals surface area (Å²) in [4.78, 5) is 9.41. The molecule has 394 valence electrons. The molecule has 0 radical (unpaired) electrons. The summed E-state index contributed by atoms with van der Waals surface area (Å²) >= 11 is 0. The zero-order valence-electron chi connectivity index (χ0n) is 58.2. The van der Waals surface area contributed by atoms with Crippen LogP contribution in [0.3, 0.4) is 0 Å². The van der Waals surface area contributed by atoms with Crippen LogP contribution in [0, 0.1) is 18.8 Å². The van der Waals surface area contributed by atoms with Crippen molar-refractivity contribution in [2.75, 3.05) is 9.80 Å². The van der Waals surface area contributed by atoms with E-state index in [9.17, 15) is 5.48 Å². The second-order valence-corrected chi connectivity index (χ2v) is 22.9. The smallest absolute Gasteiger partial charge is 0.135 e. The molecule has 7 heteroatoms. The molecule has 0 fully saturated rings. The van der Waals surface area contributed by atoms with E-state index >= 15 is 0 Å².